The van der Waals surface area contributed by atoms with Gasteiger partial charge in [0.25, 0.3) is 0 Å². The number of nitrogens with one attached hydrogen (secondary N) is 1. The summed E-state index contributed by atoms with van der Waals surface area (Å²) in [4.78, 5) is 0. The Labute approximate surface area is 134 Å². The quantitative estimate of drug-likeness (QED) is 0.768. The van der Waals surface area contributed by atoms with Crippen LogP contribution in [0, 0.1) is 0 Å². The standard InChI is InChI=1S/C19H20BrN/c20-17-9-4-8-16-15(17)11-12-19(16)21-18-10-3-6-13-5-1-2-7-14(13)18/h3-4,6,8-10,19,21H,1-2,5,7,11-12H2. The van der Waals surface area contributed by atoms with Gasteiger partial charge in [0.05, 0.1) is 6.04 Å². The summed E-state index contributed by atoms with van der Waals surface area (Å²) in [6.07, 6.45) is 7.52. The minimum Gasteiger partial charge on any atom is -0.378 e. The fraction of sp³-hybridized carbons (Fsp3) is 0.368. The van der Waals surface area contributed by atoms with E-state index in [-0.39, 0.29) is 0 Å². The highest BCUT2D eigenvalue weighted by atomic mass is 79.9. The highest BCUT2D eigenvalue weighted by Gasteiger charge is 2.25. The molecular weight excluding hydrogens is 322 g/mol. The van der Waals surface area contributed by atoms with E-state index in [1.54, 1.807) is 11.1 Å². The summed E-state index contributed by atoms with van der Waals surface area (Å²) in [5, 5.41) is 3.83. The zero-order valence-corrected chi connectivity index (χ0v) is 13.7. The molecule has 0 saturated carbocycles. The Balaban J connectivity index is 1.66. The molecule has 1 atom stereocenters. The summed E-state index contributed by atoms with van der Waals surface area (Å²) >= 11 is 3.69. The fourth-order valence-corrected chi connectivity index (χ4v) is 4.44. The predicted octanol–water partition coefficient (Wildman–Crippen LogP) is 5.43. The first-order chi connectivity index (χ1) is 10.3. The number of fused-ring (bicyclic) bond motifs is 2. The Kier molecular flexibility index (Phi) is 3.50. The molecular formula is C19H20BrN. The van der Waals surface area contributed by atoms with Gasteiger partial charge in [0.1, 0.15) is 0 Å². The second-order valence-electron chi connectivity index (χ2n) is 6.19. The van der Waals surface area contributed by atoms with Gasteiger partial charge in [0.2, 0.25) is 0 Å². The summed E-state index contributed by atoms with van der Waals surface area (Å²) in [6, 6.07) is 13.8. The van der Waals surface area contributed by atoms with Crippen LogP contribution in [0.4, 0.5) is 5.69 Å². The molecule has 21 heavy (non-hydrogen) atoms. The van der Waals surface area contributed by atoms with Gasteiger partial charge in [0, 0.05) is 10.2 Å². The van der Waals surface area contributed by atoms with Gasteiger partial charge in [0.15, 0.2) is 0 Å². The summed E-state index contributed by atoms with van der Waals surface area (Å²) in [7, 11) is 0. The van der Waals surface area contributed by atoms with Crippen LogP contribution in [0.5, 0.6) is 0 Å². The van der Waals surface area contributed by atoms with Crippen molar-refractivity contribution in [2.24, 2.45) is 0 Å². The first kappa shape index (κ1) is 13.4. The van der Waals surface area contributed by atoms with Gasteiger partial charge in [-0.25, -0.2) is 0 Å². The van der Waals surface area contributed by atoms with Crippen LogP contribution in [0.15, 0.2) is 40.9 Å². The zero-order valence-electron chi connectivity index (χ0n) is 12.2. The number of aryl methyl sites for hydroxylation is 1. The molecule has 2 aromatic carbocycles. The Morgan fingerprint density at radius 3 is 2.71 bits per heavy atom. The molecule has 1 unspecified atom stereocenters. The average molecular weight is 342 g/mol. The number of anilines is 1. The number of rotatable bonds is 2. The van der Waals surface area contributed by atoms with Crippen molar-refractivity contribution in [3.05, 3.63) is 63.1 Å². The van der Waals surface area contributed by atoms with E-state index in [1.807, 2.05) is 0 Å². The molecule has 0 fully saturated rings. The normalized spacial score (nSPS) is 20.0. The molecule has 2 aliphatic rings. The van der Waals surface area contributed by atoms with Crippen molar-refractivity contribution in [2.75, 3.05) is 5.32 Å². The molecule has 0 spiro atoms. The van der Waals surface area contributed by atoms with Crippen LogP contribution in [-0.4, -0.2) is 0 Å². The number of benzene rings is 2. The van der Waals surface area contributed by atoms with Crippen molar-refractivity contribution >= 4 is 21.6 Å². The molecule has 4 rings (SSSR count). The van der Waals surface area contributed by atoms with Gasteiger partial charge in [-0.2, -0.15) is 0 Å². The van der Waals surface area contributed by atoms with E-state index in [2.05, 4.69) is 57.6 Å². The van der Waals surface area contributed by atoms with Crippen molar-refractivity contribution < 1.29 is 0 Å². The monoisotopic (exact) mass is 341 g/mol. The summed E-state index contributed by atoms with van der Waals surface area (Å²) in [6.45, 7) is 0. The maximum atomic E-state index is 3.83. The van der Waals surface area contributed by atoms with Crippen molar-refractivity contribution in [1.82, 2.24) is 0 Å². The average Bonchev–Trinajstić information content (AvgIpc) is 2.92. The van der Waals surface area contributed by atoms with Gasteiger partial charge < -0.3 is 5.32 Å². The fourth-order valence-electron chi connectivity index (χ4n) is 3.86. The van der Waals surface area contributed by atoms with Gasteiger partial charge in [-0.3, -0.25) is 0 Å². The van der Waals surface area contributed by atoms with E-state index in [9.17, 15) is 0 Å². The van der Waals surface area contributed by atoms with Crippen LogP contribution in [-0.2, 0) is 19.3 Å². The van der Waals surface area contributed by atoms with Gasteiger partial charge in [-0.15, -0.1) is 0 Å². The zero-order chi connectivity index (χ0) is 14.2. The first-order valence-corrected chi connectivity index (χ1v) is 8.77. The lowest BCUT2D eigenvalue weighted by Gasteiger charge is -2.23. The molecule has 0 saturated heterocycles. The SMILES string of the molecule is Brc1cccc2c1CCC2Nc1cccc2c1CCCC2. The molecule has 0 aliphatic heterocycles. The van der Waals surface area contributed by atoms with E-state index in [4.69, 9.17) is 0 Å². The lowest BCUT2D eigenvalue weighted by Crippen LogP contribution is -2.12. The second kappa shape index (κ2) is 5.49. The van der Waals surface area contributed by atoms with Crippen molar-refractivity contribution in [1.29, 1.82) is 0 Å². The molecule has 0 bridgehead atoms. The highest BCUT2D eigenvalue weighted by molar-refractivity contribution is 9.10. The number of halogens is 1. The van der Waals surface area contributed by atoms with Crippen LogP contribution in [0.1, 0.15) is 47.6 Å². The van der Waals surface area contributed by atoms with Crippen LogP contribution >= 0.6 is 15.9 Å². The molecule has 0 radical (unpaired) electrons. The van der Waals surface area contributed by atoms with Gasteiger partial charge in [-0.1, -0.05) is 40.2 Å². The smallest absolute Gasteiger partial charge is 0.0520 e. The topological polar surface area (TPSA) is 12.0 Å². The van der Waals surface area contributed by atoms with Crippen molar-refractivity contribution in [3.63, 3.8) is 0 Å². The Hall–Kier alpha value is -1.28. The van der Waals surface area contributed by atoms with E-state index in [0.717, 1.165) is 0 Å². The molecule has 108 valence electrons. The van der Waals surface area contributed by atoms with E-state index in [0.29, 0.717) is 6.04 Å². The Morgan fingerprint density at radius 1 is 0.905 bits per heavy atom. The Bertz CT molecular complexity index is 677. The second-order valence-corrected chi connectivity index (χ2v) is 7.05. The third-order valence-corrected chi connectivity index (χ3v) is 5.68. The van der Waals surface area contributed by atoms with Crippen LogP contribution in [0.25, 0.3) is 0 Å². The molecule has 1 nitrogen and oxygen atoms in total. The minimum atomic E-state index is 0.464. The van der Waals surface area contributed by atoms with Crippen LogP contribution < -0.4 is 5.32 Å². The molecule has 2 heteroatoms. The molecule has 2 aromatic rings. The lowest BCUT2D eigenvalue weighted by atomic mass is 9.90. The lowest BCUT2D eigenvalue weighted by molar-refractivity contribution is 0.682. The summed E-state index contributed by atoms with van der Waals surface area (Å²) < 4.78 is 1.26. The largest absolute Gasteiger partial charge is 0.378 e. The van der Waals surface area contributed by atoms with Crippen LogP contribution in [0.3, 0.4) is 0 Å². The number of hydrogen-bond donors (Lipinski definition) is 1. The predicted molar refractivity (Wildman–Crippen MR) is 91.9 cm³/mol. The minimum absolute atomic E-state index is 0.464. The molecule has 0 aromatic heterocycles. The molecule has 1 N–H and O–H groups in total. The van der Waals surface area contributed by atoms with Crippen molar-refractivity contribution in [3.8, 4) is 0 Å². The molecule has 0 heterocycles. The van der Waals surface area contributed by atoms with E-state index < -0.39 is 0 Å². The van der Waals surface area contributed by atoms with Crippen molar-refractivity contribution in [2.45, 2.75) is 44.6 Å². The third kappa shape index (κ3) is 2.40. The first-order valence-electron chi connectivity index (χ1n) is 7.97. The van der Waals surface area contributed by atoms with Crippen LogP contribution in [0.2, 0.25) is 0 Å². The molecule has 2 aliphatic carbocycles. The summed E-state index contributed by atoms with van der Waals surface area (Å²) in [5.74, 6) is 0. The van der Waals surface area contributed by atoms with E-state index in [1.165, 1.54) is 59.8 Å². The van der Waals surface area contributed by atoms with Gasteiger partial charge >= 0.3 is 0 Å². The highest BCUT2D eigenvalue weighted by Crippen LogP contribution is 2.39. The third-order valence-electron chi connectivity index (χ3n) is 4.94. The maximum Gasteiger partial charge on any atom is 0.0520 e. The van der Waals surface area contributed by atoms with E-state index >= 15 is 0 Å². The number of hydrogen-bond acceptors (Lipinski definition) is 1. The summed E-state index contributed by atoms with van der Waals surface area (Å²) in [5.41, 5.74) is 7.44. The van der Waals surface area contributed by atoms with Gasteiger partial charge in [-0.05, 0) is 72.9 Å². The maximum absolute atomic E-state index is 3.83. The molecule has 0 amide bonds. The Morgan fingerprint density at radius 2 is 1.76 bits per heavy atom.